The number of anilines is 1. The van der Waals surface area contributed by atoms with Crippen LogP contribution in [0.3, 0.4) is 0 Å². The van der Waals surface area contributed by atoms with E-state index in [2.05, 4.69) is 9.69 Å². The molecule has 0 radical (unpaired) electrons. The first-order chi connectivity index (χ1) is 9.79. The van der Waals surface area contributed by atoms with Crippen LogP contribution in [0.2, 0.25) is 0 Å². The molecule has 2 aromatic rings. The maximum Gasteiger partial charge on any atom is 0.416 e. The van der Waals surface area contributed by atoms with E-state index in [-0.39, 0.29) is 12.3 Å². The van der Waals surface area contributed by atoms with E-state index < -0.39 is 11.7 Å². The number of nitrogens with zero attached hydrogens (tertiary/aromatic N) is 1. The van der Waals surface area contributed by atoms with Crippen LogP contribution in [-0.4, -0.2) is 10.2 Å². The molecule has 1 aromatic carbocycles. The van der Waals surface area contributed by atoms with Gasteiger partial charge in [-0.15, -0.1) is 0 Å². The Labute approximate surface area is 124 Å². The first kappa shape index (κ1) is 15.5. The van der Waals surface area contributed by atoms with E-state index in [1.54, 1.807) is 13.0 Å². The molecule has 0 saturated carbocycles. The number of nitrogens with one attached hydrogen (secondary N) is 1. The molecule has 0 aliphatic rings. The highest BCUT2D eigenvalue weighted by Crippen LogP contribution is 2.30. The lowest BCUT2D eigenvalue weighted by molar-refractivity contribution is -0.137. The molecule has 0 fully saturated rings. The van der Waals surface area contributed by atoms with Crippen molar-refractivity contribution in [1.82, 2.24) is 4.37 Å². The third kappa shape index (κ3) is 3.60. The highest BCUT2D eigenvalue weighted by molar-refractivity contribution is 7.10. The van der Waals surface area contributed by atoms with Gasteiger partial charge in [0.05, 0.1) is 16.8 Å². The van der Waals surface area contributed by atoms with Gasteiger partial charge in [0.25, 0.3) is 0 Å². The first-order valence-electron chi connectivity index (χ1n) is 6.16. The summed E-state index contributed by atoms with van der Waals surface area (Å²) in [5.41, 5.74) is 0.922. The molecule has 21 heavy (non-hydrogen) atoms. The van der Waals surface area contributed by atoms with E-state index in [1.165, 1.54) is 13.0 Å². The number of carbonyl (C=O) groups excluding carboxylic acids is 1. The molecule has 0 saturated heterocycles. The second-order valence-electron chi connectivity index (χ2n) is 4.58. The molecular formula is C14H13F3N2OS. The van der Waals surface area contributed by atoms with Gasteiger partial charge in [0.2, 0.25) is 0 Å². The quantitative estimate of drug-likeness (QED) is 0.856. The van der Waals surface area contributed by atoms with Crippen LogP contribution in [0.1, 0.15) is 34.1 Å². The van der Waals surface area contributed by atoms with Crippen LogP contribution in [0, 0.1) is 6.92 Å². The fourth-order valence-corrected chi connectivity index (χ4v) is 2.78. The van der Waals surface area contributed by atoms with Crippen molar-refractivity contribution in [2.75, 3.05) is 5.32 Å². The van der Waals surface area contributed by atoms with Crippen LogP contribution in [-0.2, 0) is 12.7 Å². The topological polar surface area (TPSA) is 42.0 Å². The maximum absolute atomic E-state index is 12.6. The van der Waals surface area contributed by atoms with E-state index in [1.807, 2.05) is 0 Å². The normalized spacial score (nSPS) is 11.5. The standard InChI is InChI=1S/C14H13F3N2OS/c1-8-12(9(2)20)13(21-19-8)18-7-10-4-3-5-11(6-10)14(15,16)17/h3-6,18H,7H2,1-2H3. The molecule has 1 heterocycles. The van der Waals surface area contributed by atoms with Crippen molar-refractivity contribution < 1.29 is 18.0 Å². The Morgan fingerprint density at radius 1 is 1.38 bits per heavy atom. The SMILES string of the molecule is CC(=O)c1c(C)nsc1NCc1cccc(C(F)(F)F)c1. The lowest BCUT2D eigenvalue weighted by atomic mass is 10.1. The second-order valence-corrected chi connectivity index (χ2v) is 5.35. The summed E-state index contributed by atoms with van der Waals surface area (Å²) < 4.78 is 42.0. The number of hydrogen-bond acceptors (Lipinski definition) is 4. The number of benzene rings is 1. The van der Waals surface area contributed by atoms with E-state index in [0.29, 0.717) is 21.8 Å². The zero-order valence-corrected chi connectivity index (χ0v) is 12.2. The number of aryl methyl sites for hydroxylation is 1. The average Bonchev–Trinajstić information content (AvgIpc) is 2.77. The van der Waals surface area contributed by atoms with E-state index >= 15 is 0 Å². The van der Waals surface area contributed by atoms with Gasteiger partial charge >= 0.3 is 6.18 Å². The van der Waals surface area contributed by atoms with Crippen LogP contribution in [0.5, 0.6) is 0 Å². The number of carbonyl (C=O) groups is 1. The van der Waals surface area contributed by atoms with Gasteiger partial charge in [0.15, 0.2) is 5.78 Å². The molecule has 2 rings (SSSR count). The van der Waals surface area contributed by atoms with Crippen molar-refractivity contribution in [3.05, 3.63) is 46.6 Å². The Morgan fingerprint density at radius 2 is 2.10 bits per heavy atom. The van der Waals surface area contributed by atoms with Gasteiger partial charge in [-0.3, -0.25) is 4.79 Å². The molecule has 0 amide bonds. The summed E-state index contributed by atoms with van der Waals surface area (Å²) in [6.07, 6.45) is -4.36. The molecule has 0 aliphatic carbocycles. The maximum atomic E-state index is 12.6. The number of hydrogen-bond donors (Lipinski definition) is 1. The summed E-state index contributed by atoms with van der Waals surface area (Å²) in [5, 5.41) is 3.56. The second kappa shape index (κ2) is 5.85. The first-order valence-corrected chi connectivity index (χ1v) is 6.93. The van der Waals surface area contributed by atoms with Crippen LogP contribution in [0.15, 0.2) is 24.3 Å². The van der Waals surface area contributed by atoms with Crippen LogP contribution in [0.4, 0.5) is 18.2 Å². The Bertz CT molecular complexity index is 664. The lowest BCUT2D eigenvalue weighted by Crippen LogP contribution is -2.07. The number of Topliss-reactive ketones (excluding diaryl/α,β-unsaturated/α-hetero) is 1. The Morgan fingerprint density at radius 3 is 2.71 bits per heavy atom. The third-order valence-electron chi connectivity index (χ3n) is 2.92. The monoisotopic (exact) mass is 314 g/mol. The van der Waals surface area contributed by atoms with Gasteiger partial charge in [-0.1, -0.05) is 12.1 Å². The van der Waals surface area contributed by atoms with Crippen molar-refractivity contribution in [1.29, 1.82) is 0 Å². The smallest absolute Gasteiger partial charge is 0.371 e. The number of rotatable bonds is 4. The van der Waals surface area contributed by atoms with Crippen LogP contribution >= 0.6 is 11.5 Å². The lowest BCUT2D eigenvalue weighted by Gasteiger charge is -2.10. The van der Waals surface area contributed by atoms with Gasteiger partial charge in [-0.2, -0.15) is 17.5 Å². The summed E-state index contributed by atoms with van der Waals surface area (Å²) in [4.78, 5) is 11.5. The highest BCUT2D eigenvalue weighted by Gasteiger charge is 2.30. The van der Waals surface area contributed by atoms with E-state index in [0.717, 1.165) is 23.7 Å². The molecule has 0 spiro atoms. The minimum Gasteiger partial charge on any atom is -0.371 e. The van der Waals surface area contributed by atoms with Gasteiger partial charge in [-0.05, 0) is 43.1 Å². The molecule has 0 aliphatic heterocycles. The largest absolute Gasteiger partial charge is 0.416 e. The fraction of sp³-hybridized carbons (Fsp3) is 0.286. The van der Waals surface area contributed by atoms with Gasteiger partial charge < -0.3 is 5.32 Å². The predicted molar refractivity (Wildman–Crippen MR) is 75.6 cm³/mol. The van der Waals surface area contributed by atoms with Gasteiger partial charge in [0, 0.05) is 6.54 Å². The molecule has 1 aromatic heterocycles. The highest BCUT2D eigenvalue weighted by atomic mass is 32.1. The molecule has 7 heteroatoms. The third-order valence-corrected chi connectivity index (χ3v) is 3.82. The number of alkyl halides is 3. The summed E-state index contributed by atoms with van der Waals surface area (Å²) in [6, 6.07) is 5.09. The number of halogens is 3. The van der Waals surface area contributed by atoms with E-state index in [9.17, 15) is 18.0 Å². The van der Waals surface area contributed by atoms with Crippen molar-refractivity contribution in [3.8, 4) is 0 Å². The van der Waals surface area contributed by atoms with Crippen molar-refractivity contribution in [2.45, 2.75) is 26.6 Å². The zero-order valence-electron chi connectivity index (χ0n) is 11.4. The molecule has 0 bridgehead atoms. The van der Waals surface area contributed by atoms with Gasteiger partial charge in [-0.25, -0.2) is 0 Å². The predicted octanol–water partition coefficient (Wildman–Crippen LogP) is 4.29. The summed E-state index contributed by atoms with van der Waals surface area (Å²) in [6.45, 7) is 3.36. The summed E-state index contributed by atoms with van der Waals surface area (Å²) >= 11 is 1.13. The molecule has 0 atom stereocenters. The molecule has 0 unspecified atom stereocenters. The molecule has 3 nitrogen and oxygen atoms in total. The minimum atomic E-state index is -4.36. The Balaban J connectivity index is 2.16. The van der Waals surface area contributed by atoms with Crippen LogP contribution in [0.25, 0.3) is 0 Å². The van der Waals surface area contributed by atoms with Crippen LogP contribution < -0.4 is 5.32 Å². The Hall–Kier alpha value is -1.89. The number of ketones is 1. The van der Waals surface area contributed by atoms with E-state index in [4.69, 9.17) is 0 Å². The summed E-state index contributed by atoms with van der Waals surface area (Å²) in [5.74, 6) is -0.118. The van der Waals surface area contributed by atoms with Gasteiger partial charge in [0.1, 0.15) is 5.00 Å². The van der Waals surface area contributed by atoms with Crippen molar-refractivity contribution in [2.24, 2.45) is 0 Å². The molecular weight excluding hydrogens is 301 g/mol. The fourth-order valence-electron chi connectivity index (χ4n) is 1.94. The van der Waals surface area contributed by atoms with Crippen molar-refractivity contribution >= 4 is 22.3 Å². The Kier molecular flexibility index (Phi) is 4.32. The number of aromatic nitrogens is 1. The zero-order chi connectivity index (χ0) is 15.6. The minimum absolute atomic E-state index is 0.118. The van der Waals surface area contributed by atoms with Crippen molar-refractivity contribution in [3.63, 3.8) is 0 Å². The molecule has 1 N–H and O–H groups in total. The molecule has 112 valence electrons. The average molecular weight is 314 g/mol. The summed E-state index contributed by atoms with van der Waals surface area (Å²) in [7, 11) is 0.